The zero-order valence-electron chi connectivity index (χ0n) is 13.3. The molecular formula is C17H22N6. The highest BCUT2D eigenvalue weighted by Crippen LogP contribution is 2.26. The summed E-state index contributed by atoms with van der Waals surface area (Å²) in [7, 11) is 0. The van der Waals surface area contributed by atoms with E-state index in [0.29, 0.717) is 5.92 Å². The van der Waals surface area contributed by atoms with Crippen molar-refractivity contribution in [1.29, 1.82) is 0 Å². The Balaban J connectivity index is 1.39. The molecule has 3 aromatic rings. The smallest absolute Gasteiger partial charge is 0.160 e. The number of piperidine rings is 1. The standard InChI is InChI=1S/C17H22N6/c1-2-13-23-16(7-1)19-20-17(23)15-6-3-9-21(14-15)10-5-12-22-11-4-8-18-22/h1-2,4,7-8,11,13,15H,3,5-6,9-10,12,14H2/t15-/m1/s1. The van der Waals surface area contributed by atoms with Crippen LogP contribution in [0.4, 0.5) is 0 Å². The number of fused-ring (bicyclic) bond motifs is 1. The Labute approximate surface area is 135 Å². The van der Waals surface area contributed by atoms with Gasteiger partial charge in [-0.15, -0.1) is 10.2 Å². The topological polar surface area (TPSA) is 51.2 Å². The third kappa shape index (κ3) is 3.12. The first-order valence-corrected chi connectivity index (χ1v) is 8.39. The molecule has 120 valence electrons. The van der Waals surface area contributed by atoms with Crippen molar-refractivity contribution in [2.75, 3.05) is 19.6 Å². The van der Waals surface area contributed by atoms with Crippen LogP contribution in [0.25, 0.3) is 5.65 Å². The predicted octanol–water partition coefficient (Wildman–Crippen LogP) is 2.20. The van der Waals surface area contributed by atoms with Crippen LogP contribution in [0.2, 0.25) is 0 Å². The van der Waals surface area contributed by atoms with Crippen molar-refractivity contribution in [2.45, 2.75) is 31.7 Å². The minimum absolute atomic E-state index is 0.478. The van der Waals surface area contributed by atoms with Gasteiger partial charge in [-0.2, -0.15) is 5.10 Å². The van der Waals surface area contributed by atoms with Crippen LogP contribution in [-0.4, -0.2) is 48.9 Å². The number of likely N-dealkylation sites (tertiary alicyclic amines) is 1. The Kier molecular flexibility index (Phi) is 4.06. The lowest BCUT2D eigenvalue weighted by molar-refractivity contribution is 0.198. The first-order chi connectivity index (χ1) is 11.4. The van der Waals surface area contributed by atoms with Gasteiger partial charge in [0.05, 0.1) is 0 Å². The second kappa shape index (κ2) is 6.50. The number of aryl methyl sites for hydroxylation is 1. The number of pyridine rings is 1. The molecule has 0 radical (unpaired) electrons. The molecule has 1 aliphatic heterocycles. The summed E-state index contributed by atoms with van der Waals surface area (Å²) in [6.07, 6.45) is 9.50. The minimum atomic E-state index is 0.478. The number of rotatable bonds is 5. The van der Waals surface area contributed by atoms with Crippen LogP contribution in [0.3, 0.4) is 0 Å². The van der Waals surface area contributed by atoms with Crippen molar-refractivity contribution < 1.29 is 0 Å². The molecule has 1 atom stereocenters. The van der Waals surface area contributed by atoms with Crippen LogP contribution < -0.4 is 0 Å². The molecule has 3 aromatic heterocycles. The summed E-state index contributed by atoms with van der Waals surface area (Å²) in [5, 5.41) is 13.0. The van der Waals surface area contributed by atoms with E-state index in [9.17, 15) is 0 Å². The van der Waals surface area contributed by atoms with E-state index in [4.69, 9.17) is 0 Å². The van der Waals surface area contributed by atoms with Gasteiger partial charge in [0, 0.05) is 37.6 Å². The van der Waals surface area contributed by atoms with Crippen LogP contribution in [0.1, 0.15) is 31.0 Å². The van der Waals surface area contributed by atoms with E-state index in [1.807, 2.05) is 41.3 Å². The maximum Gasteiger partial charge on any atom is 0.160 e. The van der Waals surface area contributed by atoms with Gasteiger partial charge in [0.25, 0.3) is 0 Å². The lowest BCUT2D eigenvalue weighted by atomic mass is 9.97. The lowest BCUT2D eigenvalue weighted by Gasteiger charge is -2.31. The molecule has 0 unspecified atom stereocenters. The summed E-state index contributed by atoms with van der Waals surface area (Å²) in [5.41, 5.74) is 0.943. The number of nitrogens with zero attached hydrogens (tertiary/aromatic N) is 6. The van der Waals surface area contributed by atoms with Crippen LogP contribution >= 0.6 is 0 Å². The summed E-state index contributed by atoms with van der Waals surface area (Å²) in [6, 6.07) is 8.05. The molecule has 0 aromatic carbocycles. The molecule has 1 saturated heterocycles. The van der Waals surface area contributed by atoms with Gasteiger partial charge in [-0.25, -0.2) is 0 Å². The Morgan fingerprint density at radius 1 is 1.09 bits per heavy atom. The van der Waals surface area contributed by atoms with Crippen molar-refractivity contribution in [3.05, 3.63) is 48.7 Å². The van der Waals surface area contributed by atoms with Gasteiger partial charge in [0.2, 0.25) is 0 Å². The van der Waals surface area contributed by atoms with E-state index in [1.54, 1.807) is 0 Å². The number of hydrogen-bond donors (Lipinski definition) is 0. The molecule has 1 aliphatic rings. The van der Waals surface area contributed by atoms with Crippen LogP contribution in [0.5, 0.6) is 0 Å². The molecule has 0 aliphatic carbocycles. The second-order valence-electron chi connectivity index (χ2n) is 6.25. The summed E-state index contributed by atoms with van der Waals surface area (Å²) < 4.78 is 4.14. The van der Waals surface area contributed by atoms with Gasteiger partial charge < -0.3 is 4.90 Å². The Morgan fingerprint density at radius 2 is 2.09 bits per heavy atom. The molecule has 0 saturated carbocycles. The zero-order chi connectivity index (χ0) is 15.5. The molecule has 23 heavy (non-hydrogen) atoms. The first kappa shape index (κ1) is 14.4. The van der Waals surface area contributed by atoms with E-state index in [0.717, 1.165) is 37.5 Å². The molecule has 0 spiro atoms. The highest BCUT2D eigenvalue weighted by molar-refractivity contribution is 5.37. The lowest BCUT2D eigenvalue weighted by Crippen LogP contribution is -2.36. The van der Waals surface area contributed by atoms with E-state index >= 15 is 0 Å². The molecule has 1 fully saturated rings. The molecule has 0 N–H and O–H groups in total. The Hall–Kier alpha value is -2.21. The van der Waals surface area contributed by atoms with E-state index in [-0.39, 0.29) is 0 Å². The van der Waals surface area contributed by atoms with Crippen molar-refractivity contribution in [2.24, 2.45) is 0 Å². The summed E-state index contributed by atoms with van der Waals surface area (Å²) in [5.74, 6) is 1.59. The normalized spacial score (nSPS) is 19.4. The third-order valence-electron chi connectivity index (χ3n) is 4.63. The Morgan fingerprint density at radius 3 is 3.00 bits per heavy atom. The molecule has 6 heteroatoms. The summed E-state index contributed by atoms with van der Waals surface area (Å²) in [4.78, 5) is 2.56. The maximum absolute atomic E-state index is 4.45. The fourth-order valence-electron chi connectivity index (χ4n) is 3.50. The summed E-state index contributed by atoms with van der Waals surface area (Å²) >= 11 is 0. The van der Waals surface area contributed by atoms with Gasteiger partial charge in [0.1, 0.15) is 5.82 Å². The van der Waals surface area contributed by atoms with Gasteiger partial charge in [0.15, 0.2) is 5.65 Å². The summed E-state index contributed by atoms with van der Waals surface area (Å²) in [6.45, 7) is 4.37. The zero-order valence-corrected chi connectivity index (χ0v) is 13.3. The average molecular weight is 310 g/mol. The highest BCUT2D eigenvalue weighted by atomic mass is 15.3. The average Bonchev–Trinajstić information content (AvgIpc) is 3.24. The second-order valence-corrected chi connectivity index (χ2v) is 6.25. The molecule has 0 bridgehead atoms. The van der Waals surface area contributed by atoms with Crippen molar-refractivity contribution in [3.63, 3.8) is 0 Å². The molecule has 4 heterocycles. The predicted molar refractivity (Wildman–Crippen MR) is 88.2 cm³/mol. The fraction of sp³-hybridized carbons (Fsp3) is 0.471. The van der Waals surface area contributed by atoms with Crippen molar-refractivity contribution >= 4 is 5.65 Å². The quantitative estimate of drug-likeness (QED) is 0.725. The van der Waals surface area contributed by atoms with Gasteiger partial charge >= 0.3 is 0 Å². The molecule has 0 amide bonds. The van der Waals surface area contributed by atoms with Gasteiger partial charge in [-0.1, -0.05) is 6.07 Å². The first-order valence-electron chi connectivity index (χ1n) is 8.39. The van der Waals surface area contributed by atoms with Crippen LogP contribution in [-0.2, 0) is 6.54 Å². The van der Waals surface area contributed by atoms with Crippen molar-refractivity contribution in [1.82, 2.24) is 29.3 Å². The Bertz CT molecular complexity index is 747. The highest BCUT2D eigenvalue weighted by Gasteiger charge is 2.24. The van der Waals surface area contributed by atoms with Crippen molar-refractivity contribution in [3.8, 4) is 0 Å². The number of hydrogen-bond acceptors (Lipinski definition) is 4. The molecular weight excluding hydrogens is 288 g/mol. The largest absolute Gasteiger partial charge is 0.303 e. The van der Waals surface area contributed by atoms with Gasteiger partial charge in [-0.05, 0) is 50.6 Å². The van der Waals surface area contributed by atoms with Crippen LogP contribution in [0.15, 0.2) is 42.9 Å². The SMILES string of the molecule is c1ccn2c([C@@H]3CCCN(CCCn4cccn4)C3)nnc2c1. The number of aromatic nitrogens is 5. The molecule has 4 rings (SSSR count). The van der Waals surface area contributed by atoms with E-state index < -0.39 is 0 Å². The fourth-order valence-corrected chi connectivity index (χ4v) is 3.50. The maximum atomic E-state index is 4.45. The third-order valence-corrected chi connectivity index (χ3v) is 4.63. The van der Waals surface area contributed by atoms with E-state index in [1.165, 1.54) is 19.4 Å². The van der Waals surface area contributed by atoms with Crippen LogP contribution in [0, 0.1) is 0 Å². The van der Waals surface area contributed by atoms with Gasteiger partial charge in [-0.3, -0.25) is 9.08 Å². The monoisotopic (exact) mass is 310 g/mol. The van der Waals surface area contributed by atoms with E-state index in [2.05, 4.69) is 30.8 Å². The molecule has 6 nitrogen and oxygen atoms in total. The minimum Gasteiger partial charge on any atom is -0.303 e.